The van der Waals surface area contributed by atoms with Crippen molar-refractivity contribution in [1.82, 2.24) is 9.55 Å². The molecule has 1 atom stereocenters. The summed E-state index contributed by atoms with van der Waals surface area (Å²) in [6.07, 6.45) is 0.623. The predicted molar refractivity (Wildman–Crippen MR) is 102 cm³/mol. The van der Waals surface area contributed by atoms with Crippen molar-refractivity contribution >= 4 is 46.6 Å². The lowest BCUT2D eigenvalue weighted by atomic mass is 10.1. The zero-order chi connectivity index (χ0) is 18.1. The van der Waals surface area contributed by atoms with Crippen LogP contribution in [0, 0.1) is 12.8 Å². The maximum atomic E-state index is 12.6. The Morgan fingerprint density at radius 1 is 1.44 bits per heavy atom. The Morgan fingerprint density at radius 3 is 2.92 bits per heavy atom. The van der Waals surface area contributed by atoms with E-state index in [4.69, 9.17) is 23.2 Å². The van der Waals surface area contributed by atoms with Crippen LogP contribution < -0.4 is 10.9 Å². The van der Waals surface area contributed by atoms with Gasteiger partial charge >= 0.3 is 0 Å². The van der Waals surface area contributed by atoms with E-state index in [1.54, 1.807) is 22.8 Å². The molecular formula is C17H17Cl2N3O2S. The number of rotatable bonds is 3. The van der Waals surface area contributed by atoms with Gasteiger partial charge in [0, 0.05) is 23.6 Å². The number of halogens is 2. The van der Waals surface area contributed by atoms with Gasteiger partial charge in [-0.2, -0.15) is 0 Å². The van der Waals surface area contributed by atoms with E-state index in [1.807, 2.05) is 13.8 Å². The van der Waals surface area contributed by atoms with E-state index >= 15 is 0 Å². The first-order valence-electron chi connectivity index (χ1n) is 7.90. The SMILES string of the molecule is CCc1c(C)nc2n(c1=O)CC(C(=O)Nc1cccc(Cl)c1Cl)CS2. The molecule has 0 aliphatic carbocycles. The Morgan fingerprint density at radius 2 is 2.20 bits per heavy atom. The van der Waals surface area contributed by atoms with E-state index in [9.17, 15) is 9.59 Å². The summed E-state index contributed by atoms with van der Waals surface area (Å²) in [6, 6.07) is 5.08. The van der Waals surface area contributed by atoms with Crippen molar-refractivity contribution in [2.24, 2.45) is 5.92 Å². The predicted octanol–water partition coefficient (Wildman–Crippen LogP) is 3.78. The highest BCUT2D eigenvalue weighted by Crippen LogP contribution is 2.31. The van der Waals surface area contributed by atoms with E-state index in [1.165, 1.54) is 11.8 Å². The highest BCUT2D eigenvalue weighted by molar-refractivity contribution is 7.99. The van der Waals surface area contributed by atoms with Crippen LogP contribution in [-0.2, 0) is 17.8 Å². The van der Waals surface area contributed by atoms with Crippen molar-refractivity contribution < 1.29 is 4.79 Å². The lowest BCUT2D eigenvalue weighted by Crippen LogP contribution is -2.38. The number of carbonyl (C=O) groups is 1. The molecule has 25 heavy (non-hydrogen) atoms. The van der Waals surface area contributed by atoms with Crippen LogP contribution >= 0.6 is 35.0 Å². The normalized spacial score (nSPS) is 16.4. The minimum Gasteiger partial charge on any atom is -0.324 e. The molecule has 1 aliphatic heterocycles. The molecule has 0 bridgehead atoms. The molecule has 1 N–H and O–H groups in total. The van der Waals surface area contributed by atoms with Crippen LogP contribution in [0.2, 0.25) is 10.0 Å². The number of carbonyl (C=O) groups excluding carboxylic acids is 1. The van der Waals surface area contributed by atoms with Crippen molar-refractivity contribution in [3.8, 4) is 0 Å². The number of nitrogens with one attached hydrogen (secondary N) is 1. The lowest BCUT2D eigenvalue weighted by Gasteiger charge is -2.25. The molecule has 0 spiro atoms. The van der Waals surface area contributed by atoms with Gasteiger partial charge in [0.1, 0.15) is 0 Å². The molecule has 0 saturated carbocycles. The number of hydrogen-bond acceptors (Lipinski definition) is 4. The van der Waals surface area contributed by atoms with Crippen LogP contribution in [-0.4, -0.2) is 21.2 Å². The summed E-state index contributed by atoms with van der Waals surface area (Å²) in [5.74, 6) is 0.0220. The van der Waals surface area contributed by atoms with Crippen LogP contribution in [0.1, 0.15) is 18.2 Å². The van der Waals surface area contributed by atoms with Crippen molar-refractivity contribution in [3.05, 3.63) is 49.9 Å². The number of thioether (sulfide) groups is 1. The maximum absolute atomic E-state index is 12.6. The summed E-state index contributed by atoms with van der Waals surface area (Å²) >= 11 is 13.5. The van der Waals surface area contributed by atoms with E-state index < -0.39 is 0 Å². The van der Waals surface area contributed by atoms with E-state index in [-0.39, 0.29) is 17.4 Å². The van der Waals surface area contributed by atoms with Gasteiger partial charge in [-0.1, -0.05) is 48.0 Å². The molecule has 2 aromatic rings. The molecule has 0 fully saturated rings. The Hall–Kier alpha value is -1.50. The van der Waals surface area contributed by atoms with Gasteiger partial charge in [0.25, 0.3) is 5.56 Å². The molecule has 1 amide bonds. The van der Waals surface area contributed by atoms with Gasteiger partial charge < -0.3 is 5.32 Å². The van der Waals surface area contributed by atoms with Crippen LogP contribution in [0.25, 0.3) is 0 Å². The number of aromatic nitrogens is 2. The van der Waals surface area contributed by atoms with Gasteiger partial charge in [0.2, 0.25) is 5.91 Å². The number of benzene rings is 1. The number of anilines is 1. The highest BCUT2D eigenvalue weighted by atomic mass is 35.5. The number of aryl methyl sites for hydroxylation is 1. The first-order chi connectivity index (χ1) is 11.9. The molecule has 1 unspecified atom stereocenters. The largest absolute Gasteiger partial charge is 0.324 e. The third kappa shape index (κ3) is 3.57. The fraction of sp³-hybridized carbons (Fsp3) is 0.353. The van der Waals surface area contributed by atoms with Crippen LogP contribution in [0.3, 0.4) is 0 Å². The van der Waals surface area contributed by atoms with Gasteiger partial charge in [-0.25, -0.2) is 4.98 Å². The molecule has 8 heteroatoms. The fourth-order valence-electron chi connectivity index (χ4n) is 2.80. The summed E-state index contributed by atoms with van der Waals surface area (Å²) in [5, 5.41) is 4.17. The molecule has 132 valence electrons. The summed E-state index contributed by atoms with van der Waals surface area (Å²) < 4.78 is 1.60. The molecule has 5 nitrogen and oxygen atoms in total. The van der Waals surface area contributed by atoms with E-state index in [2.05, 4.69) is 10.3 Å². The van der Waals surface area contributed by atoms with Gasteiger partial charge in [-0.3, -0.25) is 14.2 Å². The molecule has 0 saturated heterocycles. The number of hydrogen-bond donors (Lipinski definition) is 1. The number of fused-ring (bicyclic) bond motifs is 1. The van der Waals surface area contributed by atoms with Gasteiger partial charge in [-0.15, -0.1) is 0 Å². The Kier molecular flexibility index (Phi) is 5.41. The standard InChI is InChI=1S/C17H17Cl2N3O2S/c1-3-11-9(2)20-17-22(16(11)24)7-10(8-25-17)15(23)21-13-6-4-5-12(18)14(13)19/h4-6,10H,3,7-8H2,1-2H3,(H,21,23). The molecule has 1 aromatic heterocycles. The highest BCUT2D eigenvalue weighted by Gasteiger charge is 2.28. The van der Waals surface area contributed by atoms with Crippen LogP contribution in [0.5, 0.6) is 0 Å². The molecule has 3 rings (SSSR count). The van der Waals surface area contributed by atoms with Crippen molar-refractivity contribution in [2.75, 3.05) is 11.1 Å². The average Bonchev–Trinajstić information content (AvgIpc) is 2.59. The van der Waals surface area contributed by atoms with Gasteiger partial charge in [0.15, 0.2) is 5.16 Å². The summed E-state index contributed by atoms with van der Waals surface area (Å²) in [5.41, 5.74) is 1.87. The fourth-order valence-corrected chi connectivity index (χ4v) is 4.27. The molecular weight excluding hydrogens is 381 g/mol. The second kappa shape index (κ2) is 7.40. The first-order valence-corrected chi connectivity index (χ1v) is 9.64. The van der Waals surface area contributed by atoms with E-state index in [0.717, 1.165) is 5.69 Å². The minimum atomic E-state index is -0.348. The minimum absolute atomic E-state index is 0.0595. The quantitative estimate of drug-likeness (QED) is 0.800. The van der Waals surface area contributed by atoms with Crippen molar-refractivity contribution in [1.29, 1.82) is 0 Å². The van der Waals surface area contributed by atoms with Gasteiger partial charge in [0.05, 0.1) is 21.7 Å². The Bertz CT molecular complexity index is 898. The Balaban J connectivity index is 1.84. The van der Waals surface area contributed by atoms with Crippen molar-refractivity contribution in [3.63, 3.8) is 0 Å². The second-order valence-electron chi connectivity index (χ2n) is 5.83. The molecule has 2 heterocycles. The average molecular weight is 398 g/mol. The van der Waals surface area contributed by atoms with Gasteiger partial charge in [-0.05, 0) is 25.5 Å². The summed E-state index contributed by atoms with van der Waals surface area (Å²) in [4.78, 5) is 29.7. The van der Waals surface area contributed by atoms with E-state index in [0.29, 0.717) is 45.2 Å². The zero-order valence-corrected chi connectivity index (χ0v) is 16.1. The molecule has 0 radical (unpaired) electrons. The first kappa shape index (κ1) is 18.3. The molecule has 1 aromatic carbocycles. The zero-order valence-electron chi connectivity index (χ0n) is 13.8. The second-order valence-corrected chi connectivity index (χ2v) is 7.60. The summed E-state index contributed by atoms with van der Waals surface area (Å²) in [6.45, 7) is 4.09. The van der Waals surface area contributed by atoms with Crippen molar-refractivity contribution in [2.45, 2.75) is 32.0 Å². The number of amides is 1. The molecule has 1 aliphatic rings. The smallest absolute Gasteiger partial charge is 0.257 e. The third-order valence-electron chi connectivity index (χ3n) is 4.18. The summed E-state index contributed by atoms with van der Waals surface area (Å²) in [7, 11) is 0. The number of nitrogens with zero attached hydrogens (tertiary/aromatic N) is 2. The third-order valence-corrected chi connectivity index (χ3v) is 6.14. The maximum Gasteiger partial charge on any atom is 0.257 e. The van der Waals surface area contributed by atoms with Crippen LogP contribution in [0.15, 0.2) is 28.2 Å². The monoisotopic (exact) mass is 397 g/mol. The lowest BCUT2D eigenvalue weighted by molar-refractivity contribution is -0.119. The topological polar surface area (TPSA) is 64.0 Å². The van der Waals surface area contributed by atoms with Crippen LogP contribution in [0.4, 0.5) is 5.69 Å². The Labute approximate surface area is 159 Å².